The number of terminal acetylenes is 1. The number of nitrogens with one attached hydrogen (secondary N) is 1. The molecule has 1 aromatic heterocycles. The van der Waals surface area contributed by atoms with Crippen LogP contribution in [0.4, 0.5) is 0 Å². The number of benzene rings is 1. The molecule has 0 fully saturated rings. The highest BCUT2D eigenvalue weighted by atomic mass is 32.1. The van der Waals surface area contributed by atoms with E-state index in [0.717, 1.165) is 5.56 Å². The summed E-state index contributed by atoms with van der Waals surface area (Å²) in [5.74, 6) is 7.99. The molecular weight excluding hydrogens is 192 g/mol. The summed E-state index contributed by atoms with van der Waals surface area (Å²) in [6.45, 7) is 0. The van der Waals surface area contributed by atoms with Crippen LogP contribution in [0, 0.1) is 12.3 Å². The molecule has 14 heavy (non-hydrogen) atoms. The summed E-state index contributed by atoms with van der Waals surface area (Å²) in [5, 5.41) is 3.23. The van der Waals surface area contributed by atoms with Gasteiger partial charge < -0.3 is 0 Å². The molecule has 0 spiro atoms. The van der Waals surface area contributed by atoms with Crippen molar-refractivity contribution in [1.29, 1.82) is 0 Å². The van der Waals surface area contributed by atoms with Crippen molar-refractivity contribution < 1.29 is 0 Å². The standard InChI is InChI=1S/C11H10N2S/c1-2-10(13-12)9-7-14-11-6-4-3-5-8(9)11/h1,3-7,10,13H,12H2. The Morgan fingerprint density at radius 3 is 2.93 bits per heavy atom. The molecule has 0 aliphatic carbocycles. The predicted molar refractivity (Wildman–Crippen MR) is 60.7 cm³/mol. The molecule has 1 unspecified atom stereocenters. The summed E-state index contributed by atoms with van der Waals surface area (Å²) in [6.07, 6.45) is 5.38. The van der Waals surface area contributed by atoms with Gasteiger partial charge in [-0.05, 0) is 16.8 Å². The Kier molecular flexibility index (Phi) is 2.51. The van der Waals surface area contributed by atoms with E-state index in [1.165, 1.54) is 10.1 Å². The maximum absolute atomic E-state index is 5.38. The maximum Gasteiger partial charge on any atom is 0.108 e. The number of fused-ring (bicyclic) bond motifs is 1. The molecule has 70 valence electrons. The Morgan fingerprint density at radius 2 is 2.21 bits per heavy atom. The SMILES string of the molecule is C#CC(NN)c1csc2ccccc12. The van der Waals surface area contributed by atoms with Crippen LogP contribution in [-0.4, -0.2) is 0 Å². The summed E-state index contributed by atoms with van der Waals surface area (Å²) in [6, 6.07) is 7.95. The van der Waals surface area contributed by atoms with Crippen molar-refractivity contribution in [3.8, 4) is 12.3 Å². The molecule has 3 N–H and O–H groups in total. The van der Waals surface area contributed by atoms with Crippen molar-refractivity contribution in [2.45, 2.75) is 6.04 Å². The minimum absolute atomic E-state index is 0.203. The van der Waals surface area contributed by atoms with Gasteiger partial charge in [0, 0.05) is 10.3 Å². The molecule has 1 heterocycles. The summed E-state index contributed by atoms with van der Waals surface area (Å²) in [7, 11) is 0. The van der Waals surface area contributed by atoms with E-state index in [2.05, 4.69) is 28.9 Å². The number of thiophene rings is 1. The lowest BCUT2D eigenvalue weighted by Crippen LogP contribution is -2.26. The Balaban J connectivity index is 2.59. The molecule has 0 radical (unpaired) electrons. The highest BCUT2D eigenvalue weighted by Crippen LogP contribution is 2.29. The largest absolute Gasteiger partial charge is 0.270 e. The molecule has 2 rings (SSSR count). The van der Waals surface area contributed by atoms with Crippen molar-refractivity contribution in [2.24, 2.45) is 5.84 Å². The number of nitrogens with two attached hydrogens (primary N) is 1. The normalized spacial score (nSPS) is 12.6. The predicted octanol–water partition coefficient (Wildman–Crippen LogP) is 2.04. The highest BCUT2D eigenvalue weighted by Gasteiger charge is 2.10. The monoisotopic (exact) mass is 202 g/mol. The molecule has 3 heteroatoms. The first-order valence-corrected chi connectivity index (χ1v) is 5.13. The van der Waals surface area contributed by atoms with Gasteiger partial charge in [0.25, 0.3) is 0 Å². The molecule has 0 aliphatic heterocycles. The molecule has 0 saturated carbocycles. The topological polar surface area (TPSA) is 38.0 Å². The summed E-state index contributed by atoms with van der Waals surface area (Å²) in [5.41, 5.74) is 3.70. The lowest BCUT2D eigenvalue weighted by Gasteiger charge is -2.07. The van der Waals surface area contributed by atoms with Crippen molar-refractivity contribution >= 4 is 21.4 Å². The molecule has 1 atom stereocenters. The molecule has 0 amide bonds. The van der Waals surface area contributed by atoms with Crippen LogP contribution in [0.2, 0.25) is 0 Å². The third-order valence-electron chi connectivity index (χ3n) is 2.16. The van der Waals surface area contributed by atoms with E-state index in [-0.39, 0.29) is 6.04 Å². The van der Waals surface area contributed by atoms with Crippen molar-refractivity contribution in [1.82, 2.24) is 5.43 Å². The van der Waals surface area contributed by atoms with Crippen LogP contribution in [0.1, 0.15) is 11.6 Å². The third-order valence-corrected chi connectivity index (χ3v) is 3.14. The number of hydrogen-bond donors (Lipinski definition) is 2. The summed E-state index contributed by atoms with van der Waals surface area (Å²) >= 11 is 1.68. The van der Waals surface area contributed by atoms with Crippen LogP contribution >= 0.6 is 11.3 Å². The van der Waals surface area contributed by atoms with Gasteiger partial charge in [-0.3, -0.25) is 5.84 Å². The fourth-order valence-corrected chi connectivity index (χ4v) is 2.44. The maximum atomic E-state index is 5.38. The molecule has 2 aromatic rings. The zero-order valence-corrected chi connectivity index (χ0v) is 8.34. The quantitative estimate of drug-likeness (QED) is 0.444. The summed E-state index contributed by atoms with van der Waals surface area (Å²) in [4.78, 5) is 0. The van der Waals surface area contributed by atoms with E-state index >= 15 is 0 Å². The smallest absolute Gasteiger partial charge is 0.108 e. The van der Waals surface area contributed by atoms with E-state index in [4.69, 9.17) is 12.3 Å². The molecule has 2 nitrogen and oxygen atoms in total. The Morgan fingerprint density at radius 1 is 1.43 bits per heavy atom. The first kappa shape index (κ1) is 9.22. The number of hydrazine groups is 1. The van der Waals surface area contributed by atoms with Gasteiger partial charge in [-0.2, -0.15) is 0 Å². The van der Waals surface area contributed by atoms with Crippen LogP contribution in [0.5, 0.6) is 0 Å². The van der Waals surface area contributed by atoms with Crippen molar-refractivity contribution in [2.75, 3.05) is 0 Å². The average Bonchev–Trinajstić information content (AvgIpc) is 2.65. The second kappa shape index (κ2) is 3.81. The van der Waals surface area contributed by atoms with E-state index in [1.807, 2.05) is 12.1 Å². The lowest BCUT2D eigenvalue weighted by atomic mass is 10.1. The Labute approximate surface area is 86.7 Å². The fraction of sp³-hybridized carbons (Fsp3) is 0.0909. The van der Waals surface area contributed by atoms with Gasteiger partial charge in [0.2, 0.25) is 0 Å². The second-order valence-corrected chi connectivity index (χ2v) is 3.86. The minimum atomic E-state index is -0.203. The average molecular weight is 202 g/mol. The van der Waals surface area contributed by atoms with Gasteiger partial charge in [0.15, 0.2) is 0 Å². The van der Waals surface area contributed by atoms with E-state index < -0.39 is 0 Å². The van der Waals surface area contributed by atoms with Gasteiger partial charge in [-0.15, -0.1) is 17.8 Å². The zero-order chi connectivity index (χ0) is 9.97. The van der Waals surface area contributed by atoms with Gasteiger partial charge in [-0.1, -0.05) is 24.1 Å². The van der Waals surface area contributed by atoms with Crippen LogP contribution in [0.25, 0.3) is 10.1 Å². The first-order valence-electron chi connectivity index (χ1n) is 4.25. The first-order chi connectivity index (χ1) is 6.86. The Bertz CT molecular complexity index is 481. The molecule has 0 saturated heterocycles. The van der Waals surface area contributed by atoms with Gasteiger partial charge in [0.05, 0.1) is 0 Å². The number of rotatable bonds is 2. The van der Waals surface area contributed by atoms with Gasteiger partial charge in [-0.25, -0.2) is 5.43 Å². The van der Waals surface area contributed by atoms with Crippen LogP contribution < -0.4 is 11.3 Å². The minimum Gasteiger partial charge on any atom is -0.270 e. The summed E-state index contributed by atoms with van der Waals surface area (Å²) < 4.78 is 1.23. The lowest BCUT2D eigenvalue weighted by molar-refractivity contribution is 0.679. The van der Waals surface area contributed by atoms with E-state index in [0.29, 0.717) is 0 Å². The Hall–Kier alpha value is -1.34. The van der Waals surface area contributed by atoms with Crippen LogP contribution in [0.15, 0.2) is 29.6 Å². The molecular formula is C11H10N2S. The van der Waals surface area contributed by atoms with Gasteiger partial charge >= 0.3 is 0 Å². The number of hydrogen-bond acceptors (Lipinski definition) is 3. The highest BCUT2D eigenvalue weighted by molar-refractivity contribution is 7.17. The molecule has 0 aliphatic rings. The van der Waals surface area contributed by atoms with Crippen LogP contribution in [0.3, 0.4) is 0 Å². The fourth-order valence-electron chi connectivity index (χ4n) is 1.45. The van der Waals surface area contributed by atoms with Gasteiger partial charge in [0.1, 0.15) is 6.04 Å². The third kappa shape index (κ3) is 1.40. The molecule has 0 bridgehead atoms. The van der Waals surface area contributed by atoms with Crippen molar-refractivity contribution in [3.05, 3.63) is 35.2 Å². The molecule has 1 aromatic carbocycles. The van der Waals surface area contributed by atoms with Crippen LogP contribution in [-0.2, 0) is 0 Å². The van der Waals surface area contributed by atoms with E-state index in [1.54, 1.807) is 11.3 Å². The zero-order valence-electron chi connectivity index (χ0n) is 7.53. The second-order valence-electron chi connectivity index (χ2n) is 2.95. The van der Waals surface area contributed by atoms with E-state index in [9.17, 15) is 0 Å². The van der Waals surface area contributed by atoms with Crippen molar-refractivity contribution in [3.63, 3.8) is 0 Å².